The number of carbonyl (C=O) groups excluding carboxylic acids is 1. The van der Waals surface area contributed by atoms with Crippen molar-refractivity contribution in [3.63, 3.8) is 0 Å². The molecule has 7 nitrogen and oxygen atoms in total. The zero-order valence-corrected chi connectivity index (χ0v) is 17.0. The van der Waals surface area contributed by atoms with Gasteiger partial charge in [-0.05, 0) is 44.5 Å². The Bertz CT molecular complexity index is 1040. The van der Waals surface area contributed by atoms with Crippen molar-refractivity contribution >= 4 is 23.5 Å². The number of nitrogens with zero attached hydrogens (tertiary/aromatic N) is 4. The number of amides is 1. The van der Waals surface area contributed by atoms with Gasteiger partial charge in [0.1, 0.15) is 11.6 Å². The van der Waals surface area contributed by atoms with E-state index in [1.165, 1.54) is 0 Å². The van der Waals surface area contributed by atoms with E-state index in [1.54, 1.807) is 23.6 Å². The van der Waals surface area contributed by atoms with E-state index in [0.717, 1.165) is 34.0 Å². The predicted molar refractivity (Wildman–Crippen MR) is 109 cm³/mol. The monoisotopic (exact) mass is 395 g/mol. The first-order chi connectivity index (χ1) is 13.5. The van der Waals surface area contributed by atoms with Gasteiger partial charge in [0.25, 0.3) is 5.95 Å². The number of carbonyl (C=O) groups is 1. The van der Waals surface area contributed by atoms with Crippen LogP contribution in [0, 0.1) is 20.8 Å². The lowest BCUT2D eigenvalue weighted by atomic mass is 10.0. The van der Waals surface area contributed by atoms with Crippen LogP contribution in [-0.4, -0.2) is 38.5 Å². The number of hydrogen-bond donors (Lipinski definition) is 1. The Labute approximate surface area is 167 Å². The van der Waals surface area contributed by atoms with E-state index < -0.39 is 0 Å². The number of nitrogens with one attached hydrogen (secondary N) is 1. The molecule has 144 valence electrons. The molecule has 28 heavy (non-hydrogen) atoms. The van der Waals surface area contributed by atoms with E-state index in [2.05, 4.69) is 20.4 Å². The van der Waals surface area contributed by atoms with Gasteiger partial charge < -0.3 is 10.1 Å². The summed E-state index contributed by atoms with van der Waals surface area (Å²) in [5.74, 6) is 2.15. The standard InChI is InChI=1S/C20H21N5O2S/c1-11-8-12(2)22-20(21-11)25-19-17(13(3)24-25)18(28-10-16(26)23-19)14-6-5-7-15(9-14)27-4/h5-9,18H,10H2,1-4H3,(H,23,26). The third-order valence-electron chi connectivity index (χ3n) is 4.56. The van der Waals surface area contributed by atoms with E-state index in [1.807, 2.05) is 51.1 Å². The number of rotatable bonds is 3. The highest BCUT2D eigenvalue weighted by Gasteiger charge is 2.31. The number of aryl methyl sites for hydroxylation is 3. The zero-order chi connectivity index (χ0) is 19.8. The Kier molecular flexibility index (Phi) is 4.80. The molecule has 1 amide bonds. The molecule has 0 fully saturated rings. The van der Waals surface area contributed by atoms with Crippen LogP contribution in [0.4, 0.5) is 5.82 Å². The first-order valence-electron chi connectivity index (χ1n) is 8.94. The first kappa shape index (κ1) is 18.5. The average Bonchev–Trinajstić information content (AvgIpc) is 2.87. The normalized spacial score (nSPS) is 16.3. The van der Waals surface area contributed by atoms with Crippen LogP contribution in [0.1, 0.15) is 33.5 Å². The first-order valence-corrected chi connectivity index (χ1v) is 9.98. The topological polar surface area (TPSA) is 81.9 Å². The fraction of sp³-hybridized carbons (Fsp3) is 0.300. The molecule has 4 rings (SSSR count). The summed E-state index contributed by atoms with van der Waals surface area (Å²) in [6, 6.07) is 9.83. The van der Waals surface area contributed by atoms with E-state index >= 15 is 0 Å². The molecule has 0 saturated carbocycles. The number of hydrogen-bond acceptors (Lipinski definition) is 6. The maximum Gasteiger partial charge on any atom is 0.252 e. The third kappa shape index (κ3) is 3.35. The number of aromatic nitrogens is 4. The van der Waals surface area contributed by atoms with Gasteiger partial charge in [-0.2, -0.15) is 9.78 Å². The molecular formula is C20H21N5O2S. The average molecular weight is 395 g/mol. The Morgan fingerprint density at radius 2 is 1.93 bits per heavy atom. The molecule has 0 radical (unpaired) electrons. The maximum atomic E-state index is 12.4. The van der Waals surface area contributed by atoms with Crippen LogP contribution < -0.4 is 10.1 Å². The van der Waals surface area contributed by atoms with Crippen LogP contribution in [-0.2, 0) is 4.79 Å². The number of methoxy groups -OCH3 is 1. The van der Waals surface area contributed by atoms with Gasteiger partial charge >= 0.3 is 0 Å². The largest absolute Gasteiger partial charge is 0.497 e. The van der Waals surface area contributed by atoms with Gasteiger partial charge in [-0.3, -0.25) is 4.79 Å². The lowest BCUT2D eigenvalue weighted by molar-refractivity contribution is -0.113. The summed E-state index contributed by atoms with van der Waals surface area (Å²) >= 11 is 1.57. The number of fused-ring (bicyclic) bond motifs is 1. The molecule has 0 aliphatic carbocycles. The van der Waals surface area contributed by atoms with Gasteiger partial charge in [0.2, 0.25) is 5.91 Å². The molecule has 1 aliphatic heterocycles. The molecule has 0 spiro atoms. The summed E-state index contributed by atoms with van der Waals surface area (Å²) < 4.78 is 7.02. The predicted octanol–water partition coefficient (Wildman–Crippen LogP) is 3.37. The molecule has 0 bridgehead atoms. The summed E-state index contributed by atoms with van der Waals surface area (Å²) in [6.45, 7) is 5.78. The molecule has 2 aromatic heterocycles. The van der Waals surface area contributed by atoms with Crippen LogP contribution in [0.15, 0.2) is 30.3 Å². The molecular weight excluding hydrogens is 374 g/mol. The lowest BCUT2D eigenvalue weighted by Gasteiger charge is -2.16. The van der Waals surface area contributed by atoms with Crippen molar-refractivity contribution in [2.45, 2.75) is 26.0 Å². The van der Waals surface area contributed by atoms with Crippen molar-refractivity contribution in [3.05, 3.63) is 58.5 Å². The SMILES string of the molecule is COc1cccc(C2SCC(=O)Nc3c2c(C)nn3-c2nc(C)cc(C)n2)c1. The van der Waals surface area contributed by atoms with Gasteiger partial charge in [0, 0.05) is 17.0 Å². The number of anilines is 1. The second-order valence-electron chi connectivity index (χ2n) is 6.73. The van der Waals surface area contributed by atoms with E-state index in [0.29, 0.717) is 17.5 Å². The molecule has 1 unspecified atom stereocenters. The minimum atomic E-state index is -0.0674. The second-order valence-corrected chi connectivity index (χ2v) is 7.82. The summed E-state index contributed by atoms with van der Waals surface area (Å²) in [7, 11) is 1.65. The third-order valence-corrected chi connectivity index (χ3v) is 5.83. The maximum absolute atomic E-state index is 12.4. The van der Waals surface area contributed by atoms with Gasteiger partial charge in [-0.1, -0.05) is 12.1 Å². The highest BCUT2D eigenvalue weighted by Crippen LogP contribution is 2.44. The number of benzene rings is 1. The highest BCUT2D eigenvalue weighted by molar-refractivity contribution is 8.00. The molecule has 1 atom stereocenters. The van der Waals surface area contributed by atoms with Crippen LogP contribution in [0.5, 0.6) is 5.75 Å². The summed E-state index contributed by atoms with van der Waals surface area (Å²) in [5, 5.41) is 7.63. The Morgan fingerprint density at radius 3 is 2.64 bits per heavy atom. The van der Waals surface area contributed by atoms with Gasteiger partial charge in [-0.25, -0.2) is 9.97 Å². The van der Waals surface area contributed by atoms with Gasteiger partial charge in [-0.15, -0.1) is 11.8 Å². The van der Waals surface area contributed by atoms with Crippen molar-refractivity contribution in [2.24, 2.45) is 0 Å². The van der Waals surface area contributed by atoms with Crippen LogP contribution in [0.3, 0.4) is 0 Å². The summed E-state index contributed by atoms with van der Waals surface area (Å²) in [4.78, 5) is 21.5. The fourth-order valence-electron chi connectivity index (χ4n) is 3.40. The molecule has 3 heterocycles. The summed E-state index contributed by atoms with van der Waals surface area (Å²) in [5.41, 5.74) is 4.56. The fourth-order valence-corrected chi connectivity index (χ4v) is 4.58. The van der Waals surface area contributed by atoms with Crippen LogP contribution in [0.25, 0.3) is 5.95 Å². The van der Waals surface area contributed by atoms with E-state index in [4.69, 9.17) is 4.74 Å². The van der Waals surface area contributed by atoms with E-state index in [9.17, 15) is 4.79 Å². The van der Waals surface area contributed by atoms with E-state index in [-0.39, 0.29) is 11.2 Å². The van der Waals surface area contributed by atoms with Crippen molar-refractivity contribution in [1.82, 2.24) is 19.7 Å². The van der Waals surface area contributed by atoms with Gasteiger partial charge in [0.05, 0.1) is 23.8 Å². The lowest BCUT2D eigenvalue weighted by Crippen LogP contribution is -2.17. The molecule has 8 heteroatoms. The van der Waals surface area contributed by atoms with Crippen molar-refractivity contribution < 1.29 is 9.53 Å². The number of thioether (sulfide) groups is 1. The van der Waals surface area contributed by atoms with Crippen molar-refractivity contribution in [1.29, 1.82) is 0 Å². The summed E-state index contributed by atoms with van der Waals surface area (Å²) in [6.07, 6.45) is 0. The van der Waals surface area contributed by atoms with Gasteiger partial charge in [0.15, 0.2) is 0 Å². The second kappa shape index (κ2) is 7.27. The van der Waals surface area contributed by atoms with Crippen molar-refractivity contribution in [3.8, 4) is 11.7 Å². The minimum Gasteiger partial charge on any atom is -0.497 e. The Hall–Kier alpha value is -2.87. The quantitative estimate of drug-likeness (QED) is 0.732. The minimum absolute atomic E-state index is 0.0521. The van der Waals surface area contributed by atoms with Crippen molar-refractivity contribution in [2.75, 3.05) is 18.2 Å². The highest BCUT2D eigenvalue weighted by atomic mass is 32.2. The molecule has 0 saturated heterocycles. The molecule has 3 aromatic rings. The Morgan fingerprint density at radius 1 is 1.18 bits per heavy atom. The molecule has 1 aromatic carbocycles. The molecule has 1 aliphatic rings. The van der Waals surface area contributed by atoms with Crippen LogP contribution >= 0.6 is 11.8 Å². The zero-order valence-electron chi connectivity index (χ0n) is 16.2. The Balaban J connectivity index is 1.90. The smallest absolute Gasteiger partial charge is 0.252 e. The molecule has 1 N–H and O–H groups in total. The number of ether oxygens (including phenoxy) is 1. The van der Waals surface area contributed by atoms with Crippen LogP contribution in [0.2, 0.25) is 0 Å².